The Kier molecular flexibility index (Phi) is 4.89. The van der Waals surface area contributed by atoms with E-state index in [2.05, 4.69) is 41.1 Å². The Bertz CT molecular complexity index is 551. The fourth-order valence-electron chi connectivity index (χ4n) is 2.05. The summed E-state index contributed by atoms with van der Waals surface area (Å²) in [5.74, 6) is 1.15. The molecule has 2 aromatic carbocycles. The lowest BCUT2D eigenvalue weighted by Crippen LogP contribution is -1.98. The Morgan fingerprint density at radius 1 is 1.16 bits per heavy atom. The lowest BCUT2D eigenvalue weighted by Gasteiger charge is -2.15. The summed E-state index contributed by atoms with van der Waals surface area (Å²) in [6, 6.07) is 14.1. The highest BCUT2D eigenvalue weighted by Gasteiger charge is 2.12. The summed E-state index contributed by atoms with van der Waals surface area (Å²) in [6.07, 6.45) is 0. The zero-order valence-electron chi connectivity index (χ0n) is 11.0. The molecule has 2 aromatic rings. The number of ether oxygens (including phenoxy) is 1. The molecule has 0 aliphatic rings. The van der Waals surface area contributed by atoms with E-state index in [0.717, 1.165) is 20.8 Å². The number of rotatable bonds is 4. The van der Waals surface area contributed by atoms with Crippen molar-refractivity contribution in [2.45, 2.75) is 19.8 Å². The molecule has 0 aliphatic carbocycles. The highest BCUT2D eigenvalue weighted by atomic mass is 79.9. The maximum Gasteiger partial charge on any atom is 0.119 e. The van der Waals surface area contributed by atoms with Gasteiger partial charge in [-0.1, -0.05) is 46.6 Å². The molecule has 0 aliphatic heterocycles. The summed E-state index contributed by atoms with van der Waals surface area (Å²) in [4.78, 5) is 0. The van der Waals surface area contributed by atoms with E-state index in [-0.39, 0.29) is 5.92 Å². The van der Waals surface area contributed by atoms with Gasteiger partial charge in [-0.3, -0.25) is 0 Å². The van der Waals surface area contributed by atoms with Gasteiger partial charge >= 0.3 is 0 Å². The minimum atomic E-state index is 0.251. The van der Waals surface area contributed by atoms with Gasteiger partial charge in [-0.25, -0.2) is 0 Å². The fraction of sp³-hybridized carbons (Fsp3) is 0.250. The van der Waals surface area contributed by atoms with Crippen LogP contribution in [0.4, 0.5) is 0 Å². The second-order valence-corrected chi connectivity index (χ2v) is 5.71. The molecular formula is C16H16BrClO. The zero-order valence-corrected chi connectivity index (χ0v) is 13.3. The van der Waals surface area contributed by atoms with Crippen molar-refractivity contribution in [3.63, 3.8) is 0 Å². The van der Waals surface area contributed by atoms with Crippen LogP contribution in [0.3, 0.4) is 0 Å². The minimum Gasteiger partial charge on any atom is -0.494 e. The fourth-order valence-corrected chi connectivity index (χ4v) is 2.71. The summed E-state index contributed by atoms with van der Waals surface area (Å²) >= 11 is 9.77. The number of hydrogen-bond acceptors (Lipinski definition) is 1. The van der Waals surface area contributed by atoms with Crippen LogP contribution in [0.25, 0.3) is 0 Å². The molecule has 0 aromatic heterocycles. The van der Waals surface area contributed by atoms with Crippen LogP contribution in [0.1, 0.15) is 30.9 Å². The minimum absolute atomic E-state index is 0.251. The third kappa shape index (κ3) is 3.52. The number of halogens is 2. The summed E-state index contributed by atoms with van der Waals surface area (Å²) < 4.78 is 6.50. The van der Waals surface area contributed by atoms with Gasteiger partial charge in [0.1, 0.15) is 5.75 Å². The summed E-state index contributed by atoms with van der Waals surface area (Å²) in [5, 5.41) is 0.796. The van der Waals surface area contributed by atoms with Crippen molar-refractivity contribution in [2.24, 2.45) is 0 Å². The van der Waals surface area contributed by atoms with Crippen LogP contribution < -0.4 is 4.74 Å². The number of hydrogen-bond donors (Lipinski definition) is 0. The monoisotopic (exact) mass is 338 g/mol. The van der Waals surface area contributed by atoms with Gasteiger partial charge in [0.05, 0.1) is 6.61 Å². The van der Waals surface area contributed by atoms with Crippen LogP contribution >= 0.6 is 27.5 Å². The van der Waals surface area contributed by atoms with Crippen molar-refractivity contribution >= 4 is 27.5 Å². The molecule has 0 amide bonds. The molecule has 0 N–H and O–H groups in total. The molecule has 0 saturated carbocycles. The lowest BCUT2D eigenvalue weighted by atomic mass is 9.93. The standard InChI is InChI=1S/C16H16BrClO/c1-3-19-14-7-4-12(5-8-14)11(2)15-10-13(17)6-9-16(15)18/h4-11H,3H2,1-2H3. The first kappa shape index (κ1) is 14.4. The Morgan fingerprint density at radius 2 is 1.84 bits per heavy atom. The van der Waals surface area contributed by atoms with E-state index in [0.29, 0.717) is 6.61 Å². The molecule has 0 bridgehead atoms. The molecule has 1 atom stereocenters. The van der Waals surface area contributed by atoms with Gasteiger partial charge in [0, 0.05) is 15.4 Å². The highest BCUT2D eigenvalue weighted by molar-refractivity contribution is 9.10. The van der Waals surface area contributed by atoms with Gasteiger partial charge in [0.2, 0.25) is 0 Å². The van der Waals surface area contributed by atoms with Crippen molar-refractivity contribution in [2.75, 3.05) is 6.61 Å². The molecule has 19 heavy (non-hydrogen) atoms. The molecule has 0 fully saturated rings. The van der Waals surface area contributed by atoms with E-state index in [1.165, 1.54) is 5.56 Å². The van der Waals surface area contributed by atoms with Gasteiger partial charge in [-0.15, -0.1) is 0 Å². The van der Waals surface area contributed by atoms with E-state index >= 15 is 0 Å². The molecule has 100 valence electrons. The van der Waals surface area contributed by atoms with Crippen LogP contribution in [0.15, 0.2) is 46.9 Å². The summed E-state index contributed by atoms with van der Waals surface area (Å²) in [6.45, 7) is 4.83. The van der Waals surface area contributed by atoms with Gasteiger partial charge in [-0.05, 0) is 48.4 Å². The maximum absolute atomic E-state index is 6.28. The van der Waals surface area contributed by atoms with Gasteiger partial charge in [0.15, 0.2) is 0 Å². The first-order valence-corrected chi connectivity index (χ1v) is 7.46. The SMILES string of the molecule is CCOc1ccc(C(C)c2cc(Br)ccc2Cl)cc1. The Labute approximate surface area is 127 Å². The van der Waals surface area contributed by atoms with E-state index in [1.54, 1.807) is 0 Å². The molecule has 0 radical (unpaired) electrons. The molecule has 2 rings (SSSR count). The highest BCUT2D eigenvalue weighted by Crippen LogP contribution is 2.32. The van der Waals surface area contributed by atoms with Crippen molar-refractivity contribution in [3.8, 4) is 5.75 Å². The van der Waals surface area contributed by atoms with Crippen LogP contribution in [0, 0.1) is 0 Å². The Hall–Kier alpha value is -0.990. The van der Waals surface area contributed by atoms with Crippen molar-refractivity contribution in [3.05, 3.63) is 63.1 Å². The van der Waals surface area contributed by atoms with Crippen molar-refractivity contribution in [1.82, 2.24) is 0 Å². The quantitative estimate of drug-likeness (QED) is 0.699. The average Bonchev–Trinajstić information content (AvgIpc) is 2.42. The normalized spacial score (nSPS) is 12.2. The average molecular weight is 340 g/mol. The lowest BCUT2D eigenvalue weighted by molar-refractivity contribution is 0.340. The second kappa shape index (κ2) is 6.44. The summed E-state index contributed by atoms with van der Waals surface area (Å²) in [7, 11) is 0. The Morgan fingerprint density at radius 3 is 2.47 bits per heavy atom. The first-order valence-electron chi connectivity index (χ1n) is 6.29. The van der Waals surface area contributed by atoms with E-state index in [9.17, 15) is 0 Å². The van der Waals surface area contributed by atoms with Crippen molar-refractivity contribution < 1.29 is 4.74 Å². The van der Waals surface area contributed by atoms with E-state index in [4.69, 9.17) is 16.3 Å². The molecule has 0 saturated heterocycles. The van der Waals surface area contributed by atoms with Crippen LogP contribution in [0.5, 0.6) is 5.75 Å². The summed E-state index contributed by atoms with van der Waals surface area (Å²) in [5.41, 5.74) is 2.35. The van der Waals surface area contributed by atoms with E-state index < -0.39 is 0 Å². The van der Waals surface area contributed by atoms with Crippen molar-refractivity contribution in [1.29, 1.82) is 0 Å². The predicted molar refractivity (Wildman–Crippen MR) is 84.3 cm³/mol. The van der Waals surface area contributed by atoms with E-state index in [1.807, 2.05) is 31.2 Å². The largest absolute Gasteiger partial charge is 0.494 e. The van der Waals surface area contributed by atoms with Gasteiger partial charge in [0.25, 0.3) is 0 Å². The van der Waals surface area contributed by atoms with Crippen LogP contribution in [-0.4, -0.2) is 6.61 Å². The Balaban J connectivity index is 2.27. The van der Waals surface area contributed by atoms with Gasteiger partial charge in [-0.2, -0.15) is 0 Å². The van der Waals surface area contributed by atoms with Gasteiger partial charge < -0.3 is 4.74 Å². The number of benzene rings is 2. The second-order valence-electron chi connectivity index (χ2n) is 4.39. The smallest absolute Gasteiger partial charge is 0.119 e. The van der Waals surface area contributed by atoms with Crippen LogP contribution in [0.2, 0.25) is 5.02 Å². The predicted octanol–water partition coefficient (Wildman–Crippen LogP) is 5.65. The molecule has 1 nitrogen and oxygen atoms in total. The third-order valence-electron chi connectivity index (χ3n) is 3.12. The molecule has 3 heteroatoms. The molecular weight excluding hydrogens is 324 g/mol. The molecule has 1 unspecified atom stereocenters. The topological polar surface area (TPSA) is 9.23 Å². The molecule has 0 spiro atoms. The maximum atomic E-state index is 6.28. The van der Waals surface area contributed by atoms with Crippen LogP contribution in [-0.2, 0) is 0 Å². The third-order valence-corrected chi connectivity index (χ3v) is 3.95. The zero-order chi connectivity index (χ0) is 13.8. The first-order chi connectivity index (χ1) is 9.11. The molecule has 0 heterocycles.